The summed E-state index contributed by atoms with van der Waals surface area (Å²) in [5.41, 5.74) is 7.18. The molecule has 3 aliphatic rings. The van der Waals surface area contributed by atoms with Crippen LogP contribution < -0.4 is 4.74 Å². The first-order chi connectivity index (χ1) is 27.5. The van der Waals surface area contributed by atoms with Crippen LogP contribution in [0.1, 0.15) is 81.8 Å². The molecule has 57 heavy (non-hydrogen) atoms. The van der Waals surface area contributed by atoms with Crippen molar-refractivity contribution in [3.63, 3.8) is 0 Å². The number of imidazole rings is 2. The maximum Gasteiger partial charge on any atom is 0.410 e. The molecule has 0 spiro atoms. The van der Waals surface area contributed by atoms with Crippen LogP contribution in [-0.4, -0.2) is 73.8 Å². The maximum absolute atomic E-state index is 13.4. The molecule has 2 amide bonds. The Bertz CT molecular complexity index is 2470. The van der Waals surface area contributed by atoms with Gasteiger partial charge < -0.3 is 28.9 Å². The first-order valence-electron chi connectivity index (χ1n) is 19.8. The molecule has 12 nitrogen and oxygen atoms in total. The van der Waals surface area contributed by atoms with E-state index >= 15 is 0 Å². The van der Waals surface area contributed by atoms with E-state index < -0.39 is 5.60 Å². The molecule has 0 radical (unpaired) electrons. The van der Waals surface area contributed by atoms with Gasteiger partial charge >= 0.3 is 12.2 Å². The average Bonchev–Trinajstić information content (AvgIpc) is 4.01. The Hall–Kier alpha value is -5.88. The molecule has 2 N–H and O–H groups in total. The summed E-state index contributed by atoms with van der Waals surface area (Å²) in [6, 6.07) is 24.2. The number of methoxy groups -OCH3 is 1. The molecule has 2 saturated heterocycles. The van der Waals surface area contributed by atoms with E-state index in [0.717, 1.165) is 92.0 Å². The largest absolute Gasteiger partial charge is 0.488 e. The second kappa shape index (κ2) is 14.6. The fourth-order valence-electron chi connectivity index (χ4n) is 8.70. The summed E-state index contributed by atoms with van der Waals surface area (Å²) in [6.45, 7) is 9.45. The fraction of sp³-hybridized carbons (Fsp3) is 0.378. The highest BCUT2D eigenvalue weighted by Crippen LogP contribution is 2.44. The van der Waals surface area contributed by atoms with E-state index in [-0.39, 0.29) is 42.8 Å². The topological polar surface area (TPSA) is 135 Å². The molecule has 5 heterocycles. The van der Waals surface area contributed by atoms with Crippen molar-refractivity contribution in [3.8, 4) is 28.1 Å². The zero-order valence-electron chi connectivity index (χ0n) is 33.0. The Morgan fingerprint density at radius 1 is 0.930 bits per heavy atom. The lowest BCUT2D eigenvalue weighted by Gasteiger charge is -2.27. The van der Waals surface area contributed by atoms with Crippen molar-refractivity contribution in [2.45, 2.75) is 83.9 Å². The van der Waals surface area contributed by atoms with Crippen molar-refractivity contribution >= 4 is 34.0 Å². The average molecular weight is 769 g/mol. The minimum atomic E-state index is -0.599. The summed E-state index contributed by atoms with van der Waals surface area (Å²) in [4.78, 5) is 47.1. The zero-order valence-corrected chi connectivity index (χ0v) is 33.0. The summed E-state index contributed by atoms with van der Waals surface area (Å²) < 4.78 is 23.4. The van der Waals surface area contributed by atoms with E-state index in [1.54, 1.807) is 12.0 Å². The molecule has 0 aliphatic carbocycles. The number of H-pyrrole nitrogens is 2. The molecule has 0 saturated carbocycles. The second-order valence-corrected chi connectivity index (χ2v) is 16.6. The molecule has 6 aromatic rings. The molecular formula is C45H48N6O6. The maximum atomic E-state index is 13.4. The van der Waals surface area contributed by atoms with E-state index in [4.69, 9.17) is 28.9 Å². The SMILES string of the molecule is COC[C@H]1C[C@@H](c2ncc(-c3ccc4c(c3)COc3cc5c(ccc6[nH]c([C@@H]7CCC(C)N7C(=O)OCc7ccccc7)nc65)cc3-4)[nH]2)N(C(=O)OC(C)(C)C)C1. The molecule has 4 atom stereocenters. The van der Waals surface area contributed by atoms with Crippen LogP contribution in [0.3, 0.4) is 0 Å². The number of ether oxygens (including phenoxy) is 4. The zero-order chi connectivity index (χ0) is 39.4. The van der Waals surface area contributed by atoms with Crippen molar-refractivity contribution in [3.05, 3.63) is 102 Å². The summed E-state index contributed by atoms with van der Waals surface area (Å²) >= 11 is 0. The number of carbonyl (C=O) groups is 2. The van der Waals surface area contributed by atoms with Crippen LogP contribution in [0.5, 0.6) is 5.75 Å². The van der Waals surface area contributed by atoms with Crippen LogP contribution in [0, 0.1) is 5.92 Å². The van der Waals surface area contributed by atoms with Crippen LogP contribution >= 0.6 is 0 Å². The number of amides is 2. The molecular weight excluding hydrogens is 721 g/mol. The van der Waals surface area contributed by atoms with Crippen molar-refractivity contribution < 1.29 is 28.5 Å². The minimum Gasteiger partial charge on any atom is -0.488 e. The lowest BCUT2D eigenvalue weighted by molar-refractivity contribution is 0.0208. The lowest BCUT2D eigenvalue weighted by atomic mass is 9.92. The Morgan fingerprint density at radius 3 is 2.58 bits per heavy atom. The van der Waals surface area contributed by atoms with Gasteiger partial charge in [0.15, 0.2) is 0 Å². The normalized spacial score (nSPS) is 20.4. The highest BCUT2D eigenvalue weighted by atomic mass is 16.6. The molecule has 0 bridgehead atoms. The van der Waals surface area contributed by atoms with E-state index in [1.165, 1.54) is 0 Å². The van der Waals surface area contributed by atoms with Gasteiger partial charge in [0, 0.05) is 36.6 Å². The van der Waals surface area contributed by atoms with Gasteiger partial charge in [0.1, 0.15) is 36.2 Å². The van der Waals surface area contributed by atoms with Gasteiger partial charge in [-0.05, 0) is 98.9 Å². The van der Waals surface area contributed by atoms with Gasteiger partial charge in [0.2, 0.25) is 0 Å². The fourth-order valence-corrected chi connectivity index (χ4v) is 8.70. The smallest absolute Gasteiger partial charge is 0.410 e. The highest BCUT2D eigenvalue weighted by Gasteiger charge is 2.41. The van der Waals surface area contributed by atoms with Crippen molar-refractivity contribution in [2.75, 3.05) is 20.3 Å². The summed E-state index contributed by atoms with van der Waals surface area (Å²) in [7, 11) is 1.69. The quantitative estimate of drug-likeness (QED) is 0.164. The Morgan fingerprint density at radius 2 is 1.77 bits per heavy atom. The summed E-state index contributed by atoms with van der Waals surface area (Å²) in [5.74, 6) is 2.48. The van der Waals surface area contributed by atoms with E-state index in [2.05, 4.69) is 59.4 Å². The lowest BCUT2D eigenvalue weighted by Crippen LogP contribution is -2.37. The van der Waals surface area contributed by atoms with Gasteiger partial charge in [-0.25, -0.2) is 19.6 Å². The number of hydrogen-bond donors (Lipinski definition) is 2. The predicted octanol–water partition coefficient (Wildman–Crippen LogP) is 9.47. The van der Waals surface area contributed by atoms with Gasteiger partial charge in [-0.2, -0.15) is 0 Å². The predicted molar refractivity (Wildman–Crippen MR) is 217 cm³/mol. The van der Waals surface area contributed by atoms with E-state index in [0.29, 0.717) is 19.8 Å². The molecule has 294 valence electrons. The second-order valence-electron chi connectivity index (χ2n) is 16.6. The van der Waals surface area contributed by atoms with Crippen LogP contribution in [0.2, 0.25) is 0 Å². The van der Waals surface area contributed by atoms with Crippen LogP contribution in [0.25, 0.3) is 44.2 Å². The minimum absolute atomic E-state index is 0.0372. The first-order valence-corrected chi connectivity index (χ1v) is 19.8. The summed E-state index contributed by atoms with van der Waals surface area (Å²) in [5, 5.41) is 2.04. The molecule has 1 unspecified atom stereocenters. The summed E-state index contributed by atoms with van der Waals surface area (Å²) in [6.07, 6.45) is 3.57. The molecule has 9 rings (SSSR count). The number of hydrogen-bond acceptors (Lipinski definition) is 8. The number of fused-ring (bicyclic) bond motifs is 6. The molecule has 12 heteroatoms. The number of nitrogens with one attached hydrogen (secondary N) is 2. The van der Waals surface area contributed by atoms with E-state index in [1.807, 2.05) is 62.2 Å². The Labute approximate surface area is 331 Å². The van der Waals surface area contributed by atoms with Crippen LogP contribution in [-0.2, 0) is 27.4 Å². The molecule has 2 fully saturated rings. The molecule has 3 aliphatic heterocycles. The Kier molecular flexibility index (Phi) is 9.39. The number of aromatic nitrogens is 4. The first kappa shape index (κ1) is 36.7. The third kappa shape index (κ3) is 7.07. The standard InChI is InChI=1S/C45H48N6O6/c1-26-11-16-37(51(26)44(53)56-24-27-9-7-6-8-10-27)42-47-35-15-13-29-19-34-32-14-12-30(18-31(32)25-55-39(34)20-33(29)40(35)49-42)36-21-46-41(48-36)38-17-28(23-54-5)22-50(38)43(52)57-45(2,3)4/h6-10,12-15,18-21,26,28,37-38H,11,16-17,22-25H2,1-5H3,(H,46,48)(H,47,49)/t26?,28-,37-,38-/m0/s1. The monoisotopic (exact) mass is 768 g/mol. The van der Waals surface area contributed by atoms with Gasteiger partial charge in [0.25, 0.3) is 0 Å². The van der Waals surface area contributed by atoms with E-state index in [9.17, 15) is 9.59 Å². The van der Waals surface area contributed by atoms with Gasteiger partial charge in [-0.15, -0.1) is 0 Å². The van der Waals surface area contributed by atoms with Crippen molar-refractivity contribution in [1.82, 2.24) is 29.7 Å². The molecule has 4 aromatic carbocycles. The number of aromatic amines is 2. The van der Waals surface area contributed by atoms with Crippen LogP contribution in [0.4, 0.5) is 9.59 Å². The third-order valence-corrected chi connectivity index (χ3v) is 11.4. The number of likely N-dealkylation sites (tertiary alicyclic amines) is 2. The van der Waals surface area contributed by atoms with Gasteiger partial charge in [0.05, 0.1) is 41.6 Å². The molecule has 2 aromatic heterocycles. The Balaban J connectivity index is 0.961. The van der Waals surface area contributed by atoms with Crippen molar-refractivity contribution in [1.29, 1.82) is 0 Å². The number of carbonyl (C=O) groups excluding carboxylic acids is 2. The van der Waals surface area contributed by atoms with Crippen LogP contribution in [0.15, 0.2) is 79.0 Å². The van der Waals surface area contributed by atoms with Gasteiger partial charge in [-0.3, -0.25) is 9.80 Å². The third-order valence-electron chi connectivity index (χ3n) is 11.4. The number of benzene rings is 4. The number of nitrogens with zero attached hydrogens (tertiary/aromatic N) is 4. The number of rotatable bonds is 7. The highest BCUT2D eigenvalue weighted by molar-refractivity contribution is 6.07. The van der Waals surface area contributed by atoms with Gasteiger partial charge in [-0.1, -0.05) is 48.5 Å². The van der Waals surface area contributed by atoms with Crippen molar-refractivity contribution in [2.24, 2.45) is 5.92 Å².